The summed E-state index contributed by atoms with van der Waals surface area (Å²) >= 11 is 0. The standard InChI is InChI=1S/C28H48N2O21/c1-7(35)29-13-23(16(38)10(4-32)45-25(13)44)50-28-21(43)19(41)22(12(6-34)48-28)49-26-14(30-8(2)36)24(17(39)11(5-33)46-26)51-27-20(42)18(40)15(37)9(3-31)47-27/h9-28,31-34,37-44H,3-6H2,1-2H3,(H,29,35)(H,30,36)/t9-,10-,11-,12-,13-,14-,15+,16+,17+,18+,19-,20-,21-,22-,23-,24-,25-,26-,27+,28+/m1/s1. The maximum atomic E-state index is 12.3. The van der Waals surface area contributed by atoms with Gasteiger partial charge in [-0.25, -0.2) is 0 Å². The number of nitrogens with one attached hydrogen (secondary N) is 2. The molecule has 14 N–H and O–H groups in total. The van der Waals surface area contributed by atoms with E-state index in [0.717, 1.165) is 13.8 Å². The van der Waals surface area contributed by atoms with Crippen LogP contribution in [0.25, 0.3) is 0 Å². The molecule has 51 heavy (non-hydrogen) atoms. The maximum Gasteiger partial charge on any atom is 0.217 e. The molecule has 0 saturated carbocycles. The summed E-state index contributed by atoms with van der Waals surface area (Å²) in [4.78, 5) is 24.1. The molecular formula is C28H48N2O21. The third-order valence-corrected chi connectivity index (χ3v) is 9.01. The van der Waals surface area contributed by atoms with Crippen molar-refractivity contribution >= 4 is 11.8 Å². The van der Waals surface area contributed by atoms with Crippen molar-refractivity contribution in [3.63, 3.8) is 0 Å². The number of carbonyl (C=O) groups excluding carboxylic acids is 2. The summed E-state index contributed by atoms with van der Waals surface area (Å²) < 4.78 is 39.2. The average molecular weight is 749 g/mol. The topological polar surface area (TPSA) is 366 Å². The van der Waals surface area contributed by atoms with E-state index in [1.165, 1.54) is 0 Å². The van der Waals surface area contributed by atoms with E-state index in [1.807, 2.05) is 0 Å². The Kier molecular flexibility index (Phi) is 14.8. The van der Waals surface area contributed by atoms with Crippen molar-refractivity contribution in [3.8, 4) is 0 Å². The van der Waals surface area contributed by atoms with E-state index in [1.54, 1.807) is 0 Å². The van der Waals surface area contributed by atoms with Crippen molar-refractivity contribution in [2.24, 2.45) is 0 Å². The van der Waals surface area contributed by atoms with Crippen molar-refractivity contribution in [1.82, 2.24) is 10.6 Å². The van der Waals surface area contributed by atoms with Crippen LogP contribution < -0.4 is 10.6 Å². The second-order valence-corrected chi connectivity index (χ2v) is 12.6. The van der Waals surface area contributed by atoms with Crippen LogP contribution in [-0.2, 0) is 42.7 Å². The van der Waals surface area contributed by atoms with Gasteiger partial charge in [-0.3, -0.25) is 9.59 Å². The SMILES string of the molecule is CC(=O)N[C@@H]1[C@@H](O[C@@H]2O[C@H](CO)[C@@H](O[C@H]3O[C@H](CO)[C@H](O)[C@H](O[C@@H]4O[C@H](CO)[C@H](O)[C@H](O)[C@H]4O)[C@H]3NC(C)=O)[C@H](O)[C@H]2O)[C@@H](O)[C@@H](CO)O[C@H]1O. The molecule has 23 nitrogen and oxygen atoms in total. The Balaban J connectivity index is 1.58. The van der Waals surface area contributed by atoms with Crippen LogP contribution in [0.4, 0.5) is 0 Å². The number of aliphatic hydroxyl groups excluding tert-OH is 12. The van der Waals surface area contributed by atoms with E-state index in [9.17, 15) is 70.9 Å². The van der Waals surface area contributed by atoms with E-state index in [0.29, 0.717) is 0 Å². The number of amides is 2. The second kappa shape index (κ2) is 18.0. The van der Waals surface area contributed by atoms with Gasteiger partial charge in [0, 0.05) is 13.8 Å². The van der Waals surface area contributed by atoms with Gasteiger partial charge in [-0.05, 0) is 0 Å². The summed E-state index contributed by atoms with van der Waals surface area (Å²) in [5, 5.41) is 130. The summed E-state index contributed by atoms with van der Waals surface area (Å²) in [5.74, 6) is -1.44. The van der Waals surface area contributed by atoms with Gasteiger partial charge in [-0.1, -0.05) is 0 Å². The number of aliphatic hydroxyl groups is 12. The van der Waals surface area contributed by atoms with Crippen LogP contribution in [0.5, 0.6) is 0 Å². The molecule has 4 rings (SSSR count). The van der Waals surface area contributed by atoms with Gasteiger partial charge in [0.25, 0.3) is 0 Å². The second-order valence-electron chi connectivity index (χ2n) is 12.6. The third-order valence-electron chi connectivity index (χ3n) is 9.01. The summed E-state index contributed by atoms with van der Waals surface area (Å²) in [6, 6.07) is -3.05. The molecule has 2 amide bonds. The van der Waals surface area contributed by atoms with E-state index >= 15 is 0 Å². The predicted octanol–water partition coefficient (Wildman–Crippen LogP) is -9.46. The van der Waals surface area contributed by atoms with Gasteiger partial charge in [0.2, 0.25) is 11.8 Å². The molecule has 0 aromatic rings. The molecule has 0 aromatic carbocycles. The van der Waals surface area contributed by atoms with Gasteiger partial charge >= 0.3 is 0 Å². The molecule has 4 aliphatic heterocycles. The van der Waals surface area contributed by atoms with Gasteiger partial charge in [0.05, 0.1) is 26.4 Å². The molecule has 0 unspecified atom stereocenters. The van der Waals surface area contributed by atoms with Crippen LogP contribution in [0.2, 0.25) is 0 Å². The molecule has 0 spiro atoms. The smallest absolute Gasteiger partial charge is 0.217 e. The molecule has 20 atom stereocenters. The lowest BCUT2D eigenvalue weighted by Crippen LogP contribution is -2.70. The predicted molar refractivity (Wildman–Crippen MR) is 157 cm³/mol. The molecule has 4 heterocycles. The van der Waals surface area contributed by atoms with E-state index in [-0.39, 0.29) is 0 Å². The zero-order valence-electron chi connectivity index (χ0n) is 27.4. The Morgan fingerprint density at radius 3 is 1.37 bits per heavy atom. The fraction of sp³-hybridized carbons (Fsp3) is 0.929. The van der Waals surface area contributed by atoms with Crippen LogP contribution in [0.15, 0.2) is 0 Å². The summed E-state index contributed by atoms with van der Waals surface area (Å²) in [6.45, 7) is -1.29. The Morgan fingerprint density at radius 2 is 0.863 bits per heavy atom. The Morgan fingerprint density at radius 1 is 0.471 bits per heavy atom. The Bertz CT molecular complexity index is 1140. The minimum Gasteiger partial charge on any atom is -0.394 e. The van der Waals surface area contributed by atoms with E-state index in [2.05, 4.69) is 10.6 Å². The molecule has 0 aliphatic carbocycles. The molecule has 0 aromatic heterocycles. The largest absolute Gasteiger partial charge is 0.394 e. The van der Waals surface area contributed by atoms with Crippen LogP contribution in [0.1, 0.15) is 13.8 Å². The lowest BCUT2D eigenvalue weighted by atomic mass is 9.94. The molecule has 4 saturated heterocycles. The Labute approximate surface area is 289 Å². The Hall–Kier alpha value is -1.82. The zero-order chi connectivity index (χ0) is 37.9. The summed E-state index contributed by atoms with van der Waals surface area (Å²) in [7, 11) is 0. The first-order chi connectivity index (χ1) is 24.1. The fourth-order valence-corrected chi connectivity index (χ4v) is 6.35. The van der Waals surface area contributed by atoms with Crippen molar-refractivity contribution < 1.29 is 104 Å². The highest BCUT2D eigenvalue weighted by Gasteiger charge is 2.56. The minimum atomic E-state index is -2.06. The fourth-order valence-electron chi connectivity index (χ4n) is 6.35. The molecule has 296 valence electrons. The van der Waals surface area contributed by atoms with Crippen LogP contribution >= 0.6 is 0 Å². The number of rotatable bonds is 12. The highest BCUT2D eigenvalue weighted by atomic mass is 16.8. The normalized spacial score (nSPS) is 47.8. The van der Waals surface area contributed by atoms with Gasteiger partial charge < -0.3 is 105 Å². The van der Waals surface area contributed by atoms with Crippen molar-refractivity contribution in [2.45, 2.75) is 137 Å². The first kappa shape index (κ1) is 41.9. The minimum absolute atomic E-state index is 0.681. The lowest BCUT2D eigenvalue weighted by Gasteiger charge is -2.50. The van der Waals surface area contributed by atoms with Gasteiger partial charge in [-0.2, -0.15) is 0 Å². The van der Waals surface area contributed by atoms with Crippen molar-refractivity contribution in [1.29, 1.82) is 0 Å². The number of ether oxygens (including phenoxy) is 7. The van der Waals surface area contributed by atoms with Crippen LogP contribution in [0, 0.1) is 0 Å². The molecule has 23 heteroatoms. The monoisotopic (exact) mass is 748 g/mol. The van der Waals surface area contributed by atoms with E-state index in [4.69, 9.17) is 33.2 Å². The highest BCUT2D eigenvalue weighted by Crippen LogP contribution is 2.34. The van der Waals surface area contributed by atoms with Crippen LogP contribution in [0.3, 0.4) is 0 Å². The summed E-state index contributed by atoms with van der Waals surface area (Å²) in [6.07, 6.45) is -31.5. The quantitative estimate of drug-likeness (QED) is 0.0881. The first-order valence-corrected chi connectivity index (χ1v) is 16.1. The number of carbonyl (C=O) groups is 2. The molecule has 0 radical (unpaired) electrons. The van der Waals surface area contributed by atoms with Crippen LogP contribution in [-0.4, -0.2) is 222 Å². The van der Waals surface area contributed by atoms with Gasteiger partial charge in [0.1, 0.15) is 97.5 Å². The zero-order valence-corrected chi connectivity index (χ0v) is 27.4. The third kappa shape index (κ3) is 9.11. The first-order valence-electron chi connectivity index (χ1n) is 16.1. The highest BCUT2D eigenvalue weighted by molar-refractivity contribution is 5.73. The van der Waals surface area contributed by atoms with Gasteiger partial charge in [0.15, 0.2) is 25.2 Å². The van der Waals surface area contributed by atoms with E-state index < -0.39 is 161 Å². The average Bonchev–Trinajstić information content (AvgIpc) is 3.09. The molecular weight excluding hydrogens is 700 g/mol. The molecule has 4 fully saturated rings. The van der Waals surface area contributed by atoms with Crippen molar-refractivity contribution in [3.05, 3.63) is 0 Å². The molecule has 4 aliphatic rings. The van der Waals surface area contributed by atoms with Gasteiger partial charge in [-0.15, -0.1) is 0 Å². The number of hydrogen-bond acceptors (Lipinski definition) is 21. The molecule has 0 bridgehead atoms. The number of hydrogen-bond donors (Lipinski definition) is 14. The maximum absolute atomic E-state index is 12.3. The lowest BCUT2D eigenvalue weighted by molar-refractivity contribution is -0.374. The van der Waals surface area contributed by atoms with Crippen molar-refractivity contribution in [2.75, 3.05) is 26.4 Å². The summed E-state index contributed by atoms with van der Waals surface area (Å²) in [5.41, 5.74) is 0.